The molecule has 0 amide bonds. The molecule has 0 radical (unpaired) electrons. The lowest BCUT2D eigenvalue weighted by atomic mass is 10.3. The average molecular weight is 334 g/mol. The molecular weight excluding hydrogens is 322 g/mol. The summed E-state index contributed by atoms with van der Waals surface area (Å²) in [6.07, 6.45) is 0. The molecule has 1 aromatic carbocycles. The van der Waals surface area contributed by atoms with Crippen LogP contribution in [0.1, 0.15) is 11.4 Å². The highest BCUT2D eigenvalue weighted by Crippen LogP contribution is 2.26. The summed E-state index contributed by atoms with van der Waals surface area (Å²) in [4.78, 5) is 0. The quantitative estimate of drug-likeness (QED) is 0.853. The van der Waals surface area contributed by atoms with E-state index in [9.17, 15) is 4.39 Å². The maximum absolute atomic E-state index is 13.6. The molecule has 2 rings (SSSR count). The first-order chi connectivity index (χ1) is 8.50. The van der Waals surface area contributed by atoms with Crippen LogP contribution < -0.4 is 4.74 Å². The Morgan fingerprint density at radius 1 is 1.50 bits per heavy atom. The average Bonchev–Trinajstić information content (AvgIpc) is 2.56. The molecule has 0 atom stereocenters. The van der Waals surface area contributed by atoms with Crippen molar-refractivity contribution in [1.82, 2.24) is 9.78 Å². The highest BCUT2D eigenvalue weighted by molar-refractivity contribution is 9.10. The van der Waals surface area contributed by atoms with Gasteiger partial charge in [0.05, 0.1) is 20.9 Å². The van der Waals surface area contributed by atoms with Gasteiger partial charge in [-0.1, -0.05) is 17.7 Å². The SMILES string of the molecule is Cc1nn(C)c(COc2cccc(Cl)c2F)c1Br. The molecule has 0 aliphatic carbocycles. The van der Waals surface area contributed by atoms with Crippen molar-refractivity contribution in [2.75, 3.05) is 0 Å². The van der Waals surface area contributed by atoms with Crippen molar-refractivity contribution >= 4 is 27.5 Å². The standard InChI is InChI=1S/C12H11BrClFN2O/c1-7-11(13)9(17(2)16-7)6-18-10-5-3-4-8(14)12(10)15/h3-5H,6H2,1-2H3. The fourth-order valence-corrected chi connectivity index (χ4v) is 2.19. The van der Waals surface area contributed by atoms with Gasteiger partial charge < -0.3 is 4.74 Å². The van der Waals surface area contributed by atoms with E-state index in [1.807, 2.05) is 14.0 Å². The molecule has 96 valence electrons. The lowest BCUT2D eigenvalue weighted by Gasteiger charge is -2.08. The molecule has 3 nitrogen and oxygen atoms in total. The number of benzene rings is 1. The molecule has 18 heavy (non-hydrogen) atoms. The molecule has 0 aliphatic heterocycles. The van der Waals surface area contributed by atoms with E-state index in [2.05, 4.69) is 21.0 Å². The van der Waals surface area contributed by atoms with Crippen LogP contribution in [0.15, 0.2) is 22.7 Å². The minimum atomic E-state index is -0.547. The molecular formula is C12H11BrClFN2O. The van der Waals surface area contributed by atoms with Crippen molar-refractivity contribution in [1.29, 1.82) is 0 Å². The minimum Gasteiger partial charge on any atom is -0.484 e. The first-order valence-corrected chi connectivity index (χ1v) is 6.42. The summed E-state index contributed by atoms with van der Waals surface area (Å²) in [6.45, 7) is 2.10. The fourth-order valence-electron chi connectivity index (χ4n) is 1.58. The van der Waals surface area contributed by atoms with E-state index in [1.165, 1.54) is 6.07 Å². The van der Waals surface area contributed by atoms with Gasteiger partial charge in [0.1, 0.15) is 6.61 Å². The van der Waals surface area contributed by atoms with E-state index in [4.69, 9.17) is 16.3 Å². The Kier molecular flexibility index (Phi) is 3.92. The van der Waals surface area contributed by atoms with E-state index < -0.39 is 5.82 Å². The monoisotopic (exact) mass is 332 g/mol. The van der Waals surface area contributed by atoms with Gasteiger partial charge in [0, 0.05) is 7.05 Å². The summed E-state index contributed by atoms with van der Waals surface area (Å²) in [5, 5.41) is 4.28. The van der Waals surface area contributed by atoms with Crippen molar-refractivity contribution in [3.63, 3.8) is 0 Å². The summed E-state index contributed by atoms with van der Waals surface area (Å²) in [5.41, 5.74) is 1.70. The normalized spacial score (nSPS) is 10.7. The Bertz CT molecular complexity index is 586. The van der Waals surface area contributed by atoms with E-state index in [-0.39, 0.29) is 17.4 Å². The van der Waals surface area contributed by atoms with Gasteiger partial charge in [0.2, 0.25) is 0 Å². The number of nitrogens with zero attached hydrogens (tertiary/aromatic N) is 2. The molecule has 0 saturated heterocycles. The van der Waals surface area contributed by atoms with E-state index >= 15 is 0 Å². The molecule has 2 aromatic rings. The first-order valence-electron chi connectivity index (χ1n) is 5.25. The second-order valence-corrected chi connectivity index (χ2v) is 5.01. The topological polar surface area (TPSA) is 27.1 Å². The highest BCUT2D eigenvalue weighted by atomic mass is 79.9. The number of aromatic nitrogens is 2. The zero-order chi connectivity index (χ0) is 13.3. The Balaban J connectivity index is 2.19. The smallest absolute Gasteiger partial charge is 0.183 e. The molecule has 0 unspecified atom stereocenters. The second-order valence-electron chi connectivity index (χ2n) is 3.81. The number of aryl methyl sites for hydroxylation is 2. The van der Waals surface area contributed by atoms with Crippen LogP contribution in [-0.2, 0) is 13.7 Å². The Morgan fingerprint density at radius 3 is 2.83 bits per heavy atom. The Labute approximate surface area is 118 Å². The summed E-state index contributed by atoms with van der Waals surface area (Å²) >= 11 is 9.10. The summed E-state index contributed by atoms with van der Waals surface area (Å²) < 4.78 is 21.6. The van der Waals surface area contributed by atoms with Crippen molar-refractivity contribution in [3.05, 3.63) is 44.9 Å². The van der Waals surface area contributed by atoms with Crippen molar-refractivity contribution in [3.8, 4) is 5.75 Å². The fraction of sp³-hybridized carbons (Fsp3) is 0.250. The molecule has 1 heterocycles. The molecule has 0 bridgehead atoms. The highest BCUT2D eigenvalue weighted by Gasteiger charge is 2.13. The minimum absolute atomic E-state index is 0.0488. The van der Waals surface area contributed by atoms with Gasteiger partial charge >= 0.3 is 0 Å². The van der Waals surface area contributed by atoms with E-state index in [1.54, 1.807) is 16.8 Å². The first kappa shape index (κ1) is 13.4. The largest absolute Gasteiger partial charge is 0.484 e. The molecule has 0 fully saturated rings. The zero-order valence-electron chi connectivity index (χ0n) is 9.88. The van der Waals surface area contributed by atoms with Crippen LogP contribution in [0, 0.1) is 12.7 Å². The molecule has 0 spiro atoms. The van der Waals surface area contributed by atoms with E-state index in [0.29, 0.717) is 0 Å². The number of hydrogen-bond donors (Lipinski definition) is 0. The summed E-state index contributed by atoms with van der Waals surface area (Å²) in [5.74, 6) is -0.414. The Hall–Kier alpha value is -1.07. The van der Waals surface area contributed by atoms with Crippen LogP contribution in [-0.4, -0.2) is 9.78 Å². The van der Waals surface area contributed by atoms with Crippen LogP contribution in [0.4, 0.5) is 4.39 Å². The number of hydrogen-bond acceptors (Lipinski definition) is 2. The third kappa shape index (κ3) is 2.52. The van der Waals surface area contributed by atoms with Crippen LogP contribution in [0.2, 0.25) is 5.02 Å². The molecule has 6 heteroatoms. The number of halogens is 3. The summed E-state index contributed by atoms with van der Waals surface area (Å²) in [7, 11) is 1.81. The molecule has 1 aromatic heterocycles. The van der Waals surface area contributed by atoms with Gasteiger partial charge in [0.25, 0.3) is 0 Å². The van der Waals surface area contributed by atoms with Gasteiger partial charge in [-0.2, -0.15) is 5.10 Å². The van der Waals surface area contributed by atoms with Gasteiger partial charge in [-0.15, -0.1) is 0 Å². The third-order valence-electron chi connectivity index (χ3n) is 2.54. The number of rotatable bonds is 3. The van der Waals surface area contributed by atoms with Gasteiger partial charge in [-0.05, 0) is 35.0 Å². The van der Waals surface area contributed by atoms with Gasteiger partial charge in [0.15, 0.2) is 11.6 Å². The van der Waals surface area contributed by atoms with Gasteiger partial charge in [-0.25, -0.2) is 4.39 Å². The van der Waals surface area contributed by atoms with Crippen LogP contribution in [0.25, 0.3) is 0 Å². The molecule has 0 N–H and O–H groups in total. The number of ether oxygens (including phenoxy) is 1. The summed E-state index contributed by atoms with van der Waals surface area (Å²) in [6, 6.07) is 4.66. The van der Waals surface area contributed by atoms with Crippen LogP contribution in [0.5, 0.6) is 5.75 Å². The Morgan fingerprint density at radius 2 is 2.22 bits per heavy atom. The van der Waals surface area contributed by atoms with Crippen molar-refractivity contribution in [2.45, 2.75) is 13.5 Å². The van der Waals surface area contributed by atoms with E-state index in [0.717, 1.165) is 15.9 Å². The van der Waals surface area contributed by atoms with Crippen LogP contribution in [0.3, 0.4) is 0 Å². The maximum Gasteiger partial charge on any atom is 0.183 e. The van der Waals surface area contributed by atoms with Crippen molar-refractivity contribution < 1.29 is 9.13 Å². The molecule has 0 saturated carbocycles. The van der Waals surface area contributed by atoms with Gasteiger partial charge in [-0.3, -0.25) is 4.68 Å². The predicted octanol–water partition coefficient (Wildman–Crippen LogP) is 3.86. The lowest BCUT2D eigenvalue weighted by molar-refractivity contribution is 0.279. The maximum atomic E-state index is 13.6. The third-order valence-corrected chi connectivity index (χ3v) is 3.87. The zero-order valence-corrected chi connectivity index (χ0v) is 12.2. The molecule has 0 aliphatic rings. The van der Waals surface area contributed by atoms with Crippen LogP contribution >= 0.6 is 27.5 Å². The van der Waals surface area contributed by atoms with Crippen molar-refractivity contribution in [2.24, 2.45) is 7.05 Å². The lowest BCUT2D eigenvalue weighted by Crippen LogP contribution is -2.04. The second kappa shape index (κ2) is 5.28. The predicted molar refractivity (Wildman–Crippen MR) is 71.4 cm³/mol.